The van der Waals surface area contributed by atoms with Gasteiger partial charge in [-0.1, -0.05) is 18.2 Å². The van der Waals surface area contributed by atoms with E-state index in [1.165, 1.54) is 0 Å². The van der Waals surface area contributed by atoms with Gasteiger partial charge in [-0.15, -0.1) is 0 Å². The lowest BCUT2D eigenvalue weighted by Gasteiger charge is -2.16. The molecule has 0 atom stereocenters. The SMILES string of the molecule is Cc1cccn2cc(COc3ccc(C(=O)NCc4ccc(N5CCCC5=O)cc4)cc3)nc12. The Hall–Kier alpha value is -4.13. The Bertz CT molecular complexity index is 1330. The maximum Gasteiger partial charge on any atom is 0.251 e. The summed E-state index contributed by atoms with van der Waals surface area (Å²) in [4.78, 5) is 30.8. The molecule has 2 amide bonds. The van der Waals surface area contributed by atoms with Crippen LogP contribution in [-0.2, 0) is 17.9 Å². The molecule has 0 unspecified atom stereocenters. The Morgan fingerprint density at radius 3 is 2.59 bits per heavy atom. The lowest BCUT2D eigenvalue weighted by atomic mass is 10.1. The number of ether oxygens (including phenoxy) is 1. The number of pyridine rings is 1. The Kier molecular flexibility index (Phi) is 5.99. The second-order valence-electron chi connectivity index (χ2n) is 8.47. The molecule has 5 rings (SSSR count). The minimum Gasteiger partial charge on any atom is -0.487 e. The van der Waals surface area contributed by atoms with Crippen molar-refractivity contribution in [1.82, 2.24) is 14.7 Å². The zero-order valence-electron chi connectivity index (χ0n) is 19.0. The molecular formula is C27H26N4O3. The molecule has 3 heterocycles. The Balaban J connectivity index is 1.13. The minimum atomic E-state index is -0.152. The number of nitrogens with one attached hydrogen (secondary N) is 1. The molecule has 172 valence electrons. The maximum absolute atomic E-state index is 12.5. The highest BCUT2D eigenvalue weighted by atomic mass is 16.5. The van der Waals surface area contributed by atoms with Crippen LogP contribution in [0.4, 0.5) is 5.69 Å². The summed E-state index contributed by atoms with van der Waals surface area (Å²) in [7, 11) is 0. The maximum atomic E-state index is 12.5. The predicted octanol–water partition coefficient (Wildman–Crippen LogP) is 4.28. The highest BCUT2D eigenvalue weighted by Gasteiger charge is 2.21. The quantitative estimate of drug-likeness (QED) is 0.452. The van der Waals surface area contributed by atoms with Gasteiger partial charge in [0.1, 0.15) is 18.0 Å². The van der Waals surface area contributed by atoms with Crippen molar-refractivity contribution in [1.29, 1.82) is 0 Å². The molecule has 7 nitrogen and oxygen atoms in total. The average molecular weight is 455 g/mol. The fourth-order valence-corrected chi connectivity index (χ4v) is 4.13. The number of hydrogen-bond donors (Lipinski definition) is 1. The Morgan fingerprint density at radius 2 is 1.88 bits per heavy atom. The van der Waals surface area contributed by atoms with E-state index in [0.29, 0.717) is 30.9 Å². The van der Waals surface area contributed by atoms with Crippen LogP contribution in [0.2, 0.25) is 0 Å². The van der Waals surface area contributed by atoms with E-state index < -0.39 is 0 Å². The number of carbonyl (C=O) groups is 2. The molecule has 1 N–H and O–H groups in total. The van der Waals surface area contributed by atoms with Gasteiger partial charge in [-0.3, -0.25) is 9.59 Å². The fraction of sp³-hybridized carbons (Fsp3) is 0.222. The first kappa shape index (κ1) is 21.7. The molecule has 0 aliphatic carbocycles. The lowest BCUT2D eigenvalue weighted by molar-refractivity contribution is -0.117. The van der Waals surface area contributed by atoms with Crippen LogP contribution >= 0.6 is 0 Å². The Labute approximate surface area is 198 Å². The summed E-state index contributed by atoms with van der Waals surface area (Å²) in [6.07, 6.45) is 5.44. The molecule has 0 spiro atoms. The molecule has 1 aliphatic rings. The van der Waals surface area contributed by atoms with E-state index in [-0.39, 0.29) is 11.8 Å². The fourth-order valence-electron chi connectivity index (χ4n) is 4.13. The molecular weight excluding hydrogens is 428 g/mol. The summed E-state index contributed by atoms with van der Waals surface area (Å²) in [6.45, 7) is 3.57. The number of anilines is 1. The van der Waals surface area contributed by atoms with Crippen LogP contribution < -0.4 is 15.0 Å². The standard InChI is InChI=1S/C27H26N4O3/c1-19-4-2-14-30-17-22(29-26(19)30)18-34-24-12-8-21(9-13-24)27(33)28-16-20-6-10-23(11-7-20)31-15-3-5-25(31)32/h2,4,6-14,17H,3,5,15-16,18H2,1H3,(H,28,33). The normalized spacial score (nSPS) is 13.4. The largest absolute Gasteiger partial charge is 0.487 e. The summed E-state index contributed by atoms with van der Waals surface area (Å²) < 4.78 is 7.84. The van der Waals surface area contributed by atoms with Crippen LogP contribution in [0.5, 0.6) is 5.75 Å². The van der Waals surface area contributed by atoms with Crippen LogP contribution in [0, 0.1) is 6.92 Å². The highest BCUT2D eigenvalue weighted by Crippen LogP contribution is 2.22. The van der Waals surface area contributed by atoms with Crippen molar-refractivity contribution in [3.05, 3.63) is 95.4 Å². The number of fused-ring (bicyclic) bond motifs is 1. The first-order valence-electron chi connectivity index (χ1n) is 11.4. The monoisotopic (exact) mass is 454 g/mol. The highest BCUT2D eigenvalue weighted by molar-refractivity contribution is 5.95. The van der Waals surface area contributed by atoms with Gasteiger partial charge < -0.3 is 19.4 Å². The molecule has 1 aliphatic heterocycles. The van der Waals surface area contributed by atoms with Crippen LogP contribution in [0.15, 0.2) is 73.1 Å². The van der Waals surface area contributed by atoms with E-state index >= 15 is 0 Å². The van der Waals surface area contributed by atoms with E-state index in [1.807, 2.05) is 65.0 Å². The number of imidazole rings is 1. The molecule has 2 aromatic heterocycles. The number of amides is 2. The van der Waals surface area contributed by atoms with E-state index in [2.05, 4.69) is 10.3 Å². The number of hydrogen-bond acceptors (Lipinski definition) is 4. The van der Waals surface area contributed by atoms with Gasteiger partial charge in [-0.2, -0.15) is 0 Å². The van der Waals surface area contributed by atoms with E-state index in [9.17, 15) is 9.59 Å². The van der Waals surface area contributed by atoms with Crippen molar-refractivity contribution in [3.63, 3.8) is 0 Å². The molecule has 34 heavy (non-hydrogen) atoms. The molecule has 2 aromatic carbocycles. The molecule has 7 heteroatoms. The van der Waals surface area contributed by atoms with Gasteiger partial charge in [0.25, 0.3) is 5.91 Å². The molecule has 0 bridgehead atoms. The van der Waals surface area contributed by atoms with Crippen molar-refractivity contribution in [2.75, 3.05) is 11.4 Å². The number of aryl methyl sites for hydroxylation is 1. The smallest absolute Gasteiger partial charge is 0.251 e. The summed E-state index contributed by atoms with van der Waals surface area (Å²) in [6, 6.07) is 18.9. The summed E-state index contributed by atoms with van der Waals surface area (Å²) in [5, 5.41) is 2.94. The van der Waals surface area contributed by atoms with Gasteiger partial charge in [0.05, 0.1) is 5.69 Å². The molecule has 1 saturated heterocycles. The van der Waals surface area contributed by atoms with Crippen LogP contribution in [0.1, 0.15) is 40.0 Å². The topological polar surface area (TPSA) is 75.9 Å². The van der Waals surface area contributed by atoms with Crippen LogP contribution in [0.25, 0.3) is 5.65 Å². The minimum absolute atomic E-state index is 0.152. The number of rotatable bonds is 7. The third-order valence-electron chi connectivity index (χ3n) is 6.01. The van der Waals surface area contributed by atoms with Crippen LogP contribution in [0.3, 0.4) is 0 Å². The molecule has 0 saturated carbocycles. The van der Waals surface area contributed by atoms with Crippen molar-refractivity contribution in [2.45, 2.75) is 32.9 Å². The third kappa shape index (κ3) is 4.64. The van der Waals surface area contributed by atoms with Crippen molar-refractivity contribution >= 4 is 23.1 Å². The van der Waals surface area contributed by atoms with Crippen LogP contribution in [-0.4, -0.2) is 27.7 Å². The summed E-state index contributed by atoms with van der Waals surface area (Å²) >= 11 is 0. The van der Waals surface area contributed by atoms with E-state index in [1.54, 1.807) is 24.3 Å². The lowest BCUT2D eigenvalue weighted by Crippen LogP contribution is -2.24. The van der Waals surface area contributed by atoms with E-state index in [4.69, 9.17) is 4.74 Å². The first-order chi connectivity index (χ1) is 16.6. The molecule has 1 fully saturated rings. The predicted molar refractivity (Wildman–Crippen MR) is 130 cm³/mol. The molecule has 0 radical (unpaired) electrons. The summed E-state index contributed by atoms with van der Waals surface area (Å²) in [5.41, 5.74) is 5.33. The zero-order chi connectivity index (χ0) is 23.5. The third-order valence-corrected chi connectivity index (χ3v) is 6.01. The van der Waals surface area contributed by atoms with Gasteiger partial charge in [-0.05, 0) is 66.9 Å². The van der Waals surface area contributed by atoms with Crippen molar-refractivity contribution in [2.24, 2.45) is 0 Å². The van der Waals surface area contributed by atoms with Crippen molar-refractivity contribution in [3.8, 4) is 5.75 Å². The van der Waals surface area contributed by atoms with E-state index in [0.717, 1.165) is 41.1 Å². The first-order valence-corrected chi connectivity index (χ1v) is 11.4. The van der Waals surface area contributed by atoms with Gasteiger partial charge >= 0.3 is 0 Å². The number of benzene rings is 2. The van der Waals surface area contributed by atoms with Gasteiger partial charge in [-0.25, -0.2) is 4.98 Å². The number of nitrogens with zero attached hydrogens (tertiary/aromatic N) is 3. The molecule has 4 aromatic rings. The number of carbonyl (C=O) groups excluding carboxylic acids is 2. The van der Waals surface area contributed by atoms with Gasteiger partial charge in [0, 0.05) is 43.2 Å². The average Bonchev–Trinajstić information content (AvgIpc) is 3.48. The van der Waals surface area contributed by atoms with Gasteiger partial charge in [0.15, 0.2) is 0 Å². The van der Waals surface area contributed by atoms with Gasteiger partial charge in [0.2, 0.25) is 5.91 Å². The second-order valence-corrected chi connectivity index (χ2v) is 8.47. The Morgan fingerprint density at radius 1 is 1.09 bits per heavy atom. The second kappa shape index (κ2) is 9.39. The zero-order valence-corrected chi connectivity index (χ0v) is 19.0. The summed E-state index contributed by atoms with van der Waals surface area (Å²) in [5.74, 6) is 0.695. The number of aromatic nitrogens is 2. The van der Waals surface area contributed by atoms with Crippen molar-refractivity contribution < 1.29 is 14.3 Å².